The quantitative estimate of drug-likeness (QED) is 0.752. The van der Waals surface area contributed by atoms with Crippen LogP contribution in [-0.2, 0) is 0 Å². The fraction of sp³-hybridized carbons (Fsp3) is 0.0769. The molecular formula is C13H11N3O3. The Morgan fingerprint density at radius 3 is 2.74 bits per heavy atom. The number of nitrogens with one attached hydrogen (secondary N) is 2. The summed E-state index contributed by atoms with van der Waals surface area (Å²) in [6.45, 7) is 0. The number of pyridine rings is 1. The zero-order chi connectivity index (χ0) is 13.2. The maximum atomic E-state index is 11.1. The first-order valence-corrected chi connectivity index (χ1v) is 5.65. The normalized spacial score (nSPS) is 10.6. The van der Waals surface area contributed by atoms with E-state index in [-0.39, 0.29) is 5.69 Å². The molecule has 1 aromatic carbocycles. The van der Waals surface area contributed by atoms with Gasteiger partial charge in [-0.1, -0.05) is 12.1 Å². The number of hydrogen-bond donors (Lipinski definition) is 2. The van der Waals surface area contributed by atoms with Gasteiger partial charge in [0.2, 0.25) is 0 Å². The Balaban J connectivity index is 1.98. The number of imidazole rings is 1. The molecular weight excluding hydrogens is 246 g/mol. The van der Waals surface area contributed by atoms with Crippen molar-refractivity contribution in [3.05, 3.63) is 47.0 Å². The monoisotopic (exact) mass is 257 g/mol. The summed E-state index contributed by atoms with van der Waals surface area (Å²) >= 11 is 0. The molecule has 6 nitrogen and oxygen atoms in total. The van der Waals surface area contributed by atoms with Crippen LogP contribution < -0.4 is 15.2 Å². The molecule has 6 heteroatoms. The van der Waals surface area contributed by atoms with Crippen molar-refractivity contribution in [1.29, 1.82) is 0 Å². The van der Waals surface area contributed by atoms with Gasteiger partial charge in [-0.3, -0.25) is 4.98 Å². The summed E-state index contributed by atoms with van der Waals surface area (Å²) in [5.41, 5.74) is 0.798. The van der Waals surface area contributed by atoms with Gasteiger partial charge in [0, 0.05) is 6.07 Å². The lowest BCUT2D eigenvalue weighted by atomic mass is 10.3. The molecule has 19 heavy (non-hydrogen) atoms. The first-order valence-electron chi connectivity index (χ1n) is 5.65. The number of para-hydroxylation sites is 2. The molecule has 96 valence electrons. The van der Waals surface area contributed by atoms with Crippen LogP contribution in [0.4, 0.5) is 0 Å². The molecule has 0 bridgehead atoms. The van der Waals surface area contributed by atoms with Crippen LogP contribution in [-0.4, -0.2) is 22.1 Å². The number of nitrogens with zero attached hydrogens (tertiary/aromatic N) is 1. The zero-order valence-corrected chi connectivity index (χ0v) is 10.1. The second-order valence-corrected chi connectivity index (χ2v) is 3.90. The van der Waals surface area contributed by atoms with Crippen LogP contribution in [0.15, 0.2) is 41.3 Å². The SMILES string of the molecule is COc1ccccc1Oc1cnc2[nH]c(=O)[nH]c2c1. The molecule has 0 aliphatic rings. The summed E-state index contributed by atoms with van der Waals surface area (Å²) < 4.78 is 10.9. The molecule has 0 saturated carbocycles. The molecule has 0 aliphatic carbocycles. The average Bonchev–Trinajstić information content (AvgIpc) is 2.79. The molecule has 0 radical (unpaired) electrons. The Morgan fingerprint density at radius 1 is 1.16 bits per heavy atom. The lowest BCUT2D eigenvalue weighted by Gasteiger charge is -2.09. The minimum Gasteiger partial charge on any atom is -0.493 e. The molecule has 3 rings (SSSR count). The third-order valence-electron chi connectivity index (χ3n) is 2.64. The number of H-pyrrole nitrogens is 2. The molecule has 0 fully saturated rings. The number of fused-ring (bicyclic) bond motifs is 1. The third-order valence-corrected chi connectivity index (χ3v) is 2.64. The van der Waals surface area contributed by atoms with Gasteiger partial charge in [0.1, 0.15) is 5.75 Å². The Hall–Kier alpha value is -2.76. The maximum absolute atomic E-state index is 11.1. The second-order valence-electron chi connectivity index (χ2n) is 3.90. The van der Waals surface area contributed by atoms with E-state index in [1.807, 2.05) is 12.1 Å². The first kappa shape index (κ1) is 11.3. The van der Waals surface area contributed by atoms with Gasteiger partial charge in [-0.25, -0.2) is 9.78 Å². The molecule has 2 N–H and O–H groups in total. The topological polar surface area (TPSA) is 80.0 Å². The highest BCUT2D eigenvalue weighted by Gasteiger charge is 2.06. The standard InChI is InChI=1S/C13H11N3O3/c1-18-10-4-2-3-5-11(10)19-8-6-9-12(14-7-8)16-13(17)15-9/h2-7H,1H3,(H2,14,15,16,17). The molecule has 2 heterocycles. The van der Waals surface area contributed by atoms with Gasteiger partial charge in [-0.15, -0.1) is 0 Å². The van der Waals surface area contributed by atoms with Gasteiger partial charge in [0.15, 0.2) is 17.1 Å². The van der Waals surface area contributed by atoms with Crippen molar-refractivity contribution in [3.8, 4) is 17.2 Å². The van der Waals surface area contributed by atoms with Crippen LogP contribution in [0.25, 0.3) is 11.2 Å². The molecule has 2 aromatic heterocycles. The predicted molar refractivity (Wildman–Crippen MR) is 69.8 cm³/mol. The highest BCUT2D eigenvalue weighted by Crippen LogP contribution is 2.31. The number of benzene rings is 1. The van der Waals surface area contributed by atoms with E-state index in [2.05, 4.69) is 15.0 Å². The van der Waals surface area contributed by atoms with E-state index in [1.165, 1.54) is 0 Å². The van der Waals surface area contributed by atoms with Gasteiger partial charge in [-0.2, -0.15) is 0 Å². The number of aromatic nitrogens is 3. The van der Waals surface area contributed by atoms with Crippen LogP contribution in [0.3, 0.4) is 0 Å². The molecule has 0 saturated heterocycles. The number of hydrogen-bond acceptors (Lipinski definition) is 4. The molecule has 3 aromatic rings. The van der Waals surface area contributed by atoms with E-state index in [1.54, 1.807) is 31.5 Å². The van der Waals surface area contributed by atoms with E-state index in [9.17, 15) is 4.79 Å². The van der Waals surface area contributed by atoms with Crippen molar-refractivity contribution in [2.24, 2.45) is 0 Å². The first-order chi connectivity index (χ1) is 9.26. The number of methoxy groups -OCH3 is 1. The molecule has 0 aliphatic heterocycles. The van der Waals surface area contributed by atoms with E-state index in [0.29, 0.717) is 28.4 Å². The van der Waals surface area contributed by atoms with Crippen molar-refractivity contribution in [2.75, 3.05) is 7.11 Å². The van der Waals surface area contributed by atoms with Crippen molar-refractivity contribution in [2.45, 2.75) is 0 Å². The molecule has 0 atom stereocenters. The Kier molecular flexibility index (Phi) is 2.68. The van der Waals surface area contributed by atoms with Crippen molar-refractivity contribution in [1.82, 2.24) is 15.0 Å². The fourth-order valence-corrected chi connectivity index (χ4v) is 1.79. The molecule has 0 spiro atoms. The highest BCUT2D eigenvalue weighted by atomic mass is 16.5. The van der Waals surface area contributed by atoms with Crippen LogP contribution in [0.5, 0.6) is 17.2 Å². The molecule has 0 unspecified atom stereocenters. The maximum Gasteiger partial charge on any atom is 0.325 e. The van der Waals surface area contributed by atoms with Crippen LogP contribution >= 0.6 is 0 Å². The lowest BCUT2D eigenvalue weighted by molar-refractivity contribution is 0.378. The number of ether oxygens (including phenoxy) is 2. The van der Waals surface area contributed by atoms with E-state index in [0.717, 1.165) is 0 Å². The summed E-state index contributed by atoms with van der Waals surface area (Å²) in [5.74, 6) is 1.74. The van der Waals surface area contributed by atoms with Crippen molar-refractivity contribution in [3.63, 3.8) is 0 Å². The lowest BCUT2D eigenvalue weighted by Crippen LogP contribution is -1.99. The second kappa shape index (κ2) is 4.49. The Morgan fingerprint density at radius 2 is 1.95 bits per heavy atom. The van der Waals surface area contributed by atoms with E-state index < -0.39 is 0 Å². The third kappa shape index (κ3) is 2.15. The van der Waals surface area contributed by atoms with Crippen LogP contribution in [0.2, 0.25) is 0 Å². The van der Waals surface area contributed by atoms with Gasteiger partial charge in [-0.05, 0) is 12.1 Å². The van der Waals surface area contributed by atoms with Crippen LogP contribution in [0, 0.1) is 0 Å². The highest BCUT2D eigenvalue weighted by molar-refractivity contribution is 5.71. The summed E-state index contributed by atoms with van der Waals surface area (Å²) in [6, 6.07) is 9.01. The van der Waals surface area contributed by atoms with Crippen molar-refractivity contribution >= 4 is 11.2 Å². The average molecular weight is 257 g/mol. The zero-order valence-electron chi connectivity index (χ0n) is 10.1. The van der Waals surface area contributed by atoms with Gasteiger partial charge in [0.25, 0.3) is 0 Å². The van der Waals surface area contributed by atoms with Gasteiger partial charge in [0.05, 0.1) is 18.8 Å². The fourth-order valence-electron chi connectivity index (χ4n) is 1.79. The predicted octanol–water partition coefficient (Wildman–Crippen LogP) is 2.05. The summed E-state index contributed by atoms with van der Waals surface area (Å²) in [7, 11) is 1.58. The summed E-state index contributed by atoms with van der Waals surface area (Å²) in [5, 5.41) is 0. The van der Waals surface area contributed by atoms with Gasteiger partial charge < -0.3 is 14.5 Å². The number of rotatable bonds is 3. The largest absolute Gasteiger partial charge is 0.493 e. The minimum atomic E-state index is -0.294. The summed E-state index contributed by atoms with van der Waals surface area (Å²) in [4.78, 5) is 20.4. The van der Waals surface area contributed by atoms with E-state index in [4.69, 9.17) is 9.47 Å². The van der Waals surface area contributed by atoms with Gasteiger partial charge >= 0.3 is 5.69 Å². The Labute approximate surface area is 108 Å². The van der Waals surface area contributed by atoms with E-state index >= 15 is 0 Å². The smallest absolute Gasteiger partial charge is 0.325 e. The number of aromatic amines is 2. The summed E-state index contributed by atoms with van der Waals surface area (Å²) in [6.07, 6.45) is 1.54. The molecule has 0 amide bonds. The Bertz CT molecular complexity index is 776. The van der Waals surface area contributed by atoms with Crippen molar-refractivity contribution < 1.29 is 9.47 Å². The minimum absolute atomic E-state index is 0.294. The van der Waals surface area contributed by atoms with Crippen LogP contribution in [0.1, 0.15) is 0 Å².